The molecule has 0 fully saturated rings. The van der Waals surface area contributed by atoms with Crippen molar-refractivity contribution in [1.82, 2.24) is 0 Å². The van der Waals surface area contributed by atoms with Crippen LogP contribution in [0.5, 0.6) is 5.75 Å². The van der Waals surface area contributed by atoms with Crippen LogP contribution in [-0.2, 0) is 16.0 Å². The van der Waals surface area contributed by atoms with E-state index in [1.54, 1.807) is 4.90 Å². The summed E-state index contributed by atoms with van der Waals surface area (Å²) in [5, 5.41) is 0. The van der Waals surface area contributed by atoms with Gasteiger partial charge in [-0.3, -0.25) is 14.5 Å². The predicted molar refractivity (Wildman–Crippen MR) is 114 cm³/mol. The summed E-state index contributed by atoms with van der Waals surface area (Å²) in [5.74, 6) is 0.724. The second-order valence-electron chi connectivity index (χ2n) is 7.61. The molecular formula is C25H27NO3. The highest BCUT2D eigenvalue weighted by Gasteiger charge is 2.40. The van der Waals surface area contributed by atoms with E-state index in [2.05, 4.69) is 19.1 Å². The number of Topliss-reactive ketones (excluding diaryl/α,β-unsaturated/α-hetero) is 1. The molecule has 0 N–H and O–H groups in total. The highest BCUT2D eigenvalue weighted by Crippen LogP contribution is 2.45. The fourth-order valence-corrected chi connectivity index (χ4v) is 4.49. The Balaban J connectivity index is 1.83. The molecule has 0 radical (unpaired) electrons. The topological polar surface area (TPSA) is 46.6 Å². The first kappa shape index (κ1) is 19.4. The van der Waals surface area contributed by atoms with E-state index in [-0.39, 0.29) is 24.0 Å². The molecule has 2 aromatic carbocycles. The Morgan fingerprint density at radius 1 is 1.00 bits per heavy atom. The van der Waals surface area contributed by atoms with Gasteiger partial charge < -0.3 is 4.74 Å². The first-order chi connectivity index (χ1) is 14.1. The second kappa shape index (κ2) is 8.24. The number of benzene rings is 2. The van der Waals surface area contributed by atoms with Gasteiger partial charge in [0.15, 0.2) is 5.78 Å². The Labute approximate surface area is 172 Å². The maximum Gasteiger partial charge on any atom is 0.232 e. The molecule has 150 valence electrons. The van der Waals surface area contributed by atoms with Gasteiger partial charge in [-0.15, -0.1) is 0 Å². The summed E-state index contributed by atoms with van der Waals surface area (Å²) in [7, 11) is 0. The number of para-hydroxylation sites is 1. The van der Waals surface area contributed by atoms with Crippen LogP contribution in [0.4, 0.5) is 5.69 Å². The van der Waals surface area contributed by atoms with Gasteiger partial charge in [-0.2, -0.15) is 0 Å². The van der Waals surface area contributed by atoms with Crippen LogP contribution in [0.2, 0.25) is 0 Å². The number of rotatable bonds is 5. The Morgan fingerprint density at radius 2 is 1.76 bits per heavy atom. The zero-order valence-electron chi connectivity index (χ0n) is 17.1. The fraction of sp³-hybridized carbons (Fsp3) is 0.360. The van der Waals surface area contributed by atoms with Crippen LogP contribution >= 0.6 is 0 Å². The van der Waals surface area contributed by atoms with Crippen molar-refractivity contribution in [1.29, 1.82) is 0 Å². The standard InChI is InChI=1S/C25H27NO3/c1-3-17-12-14-18(15-13-17)26-21-9-7-10-22(27)25(21)20(16-24(26)28)19-8-5-6-11-23(19)29-4-2/h5-6,8,11-15,20H,3-4,7,9-10,16H2,1-2H3. The predicted octanol–water partition coefficient (Wildman–Crippen LogP) is 5.18. The first-order valence-electron chi connectivity index (χ1n) is 10.5. The molecule has 4 heteroatoms. The molecule has 1 amide bonds. The summed E-state index contributed by atoms with van der Waals surface area (Å²) in [6.45, 7) is 4.61. The zero-order chi connectivity index (χ0) is 20.4. The number of aryl methyl sites for hydroxylation is 1. The van der Waals surface area contributed by atoms with Crippen LogP contribution in [0.1, 0.15) is 56.6 Å². The molecule has 0 bridgehead atoms. The van der Waals surface area contributed by atoms with Crippen LogP contribution in [0, 0.1) is 0 Å². The van der Waals surface area contributed by atoms with E-state index in [1.165, 1.54) is 5.56 Å². The lowest BCUT2D eigenvalue weighted by molar-refractivity contribution is -0.119. The molecule has 2 aliphatic rings. The monoisotopic (exact) mass is 389 g/mol. The Bertz CT molecular complexity index is 958. The van der Waals surface area contributed by atoms with E-state index in [0.29, 0.717) is 13.0 Å². The number of allylic oxidation sites excluding steroid dienone is 2. The van der Waals surface area contributed by atoms with Gasteiger partial charge in [-0.1, -0.05) is 37.3 Å². The molecule has 1 unspecified atom stereocenters. The van der Waals surface area contributed by atoms with E-state index in [1.807, 2.05) is 43.3 Å². The number of carbonyl (C=O) groups is 2. The van der Waals surface area contributed by atoms with Crippen LogP contribution in [0.25, 0.3) is 0 Å². The summed E-state index contributed by atoms with van der Waals surface area (Å²) in [6, 6.07) is 15.9. The van der Waals surface area contributed by atoms with Crippen molar-refractivity contribution in [3.8, 4) is 5.75 Å². The molecule has 1 aliphatic carbocycles. The molecule has 4 rings (SSSR count). The Morgan fingerprint density at radius 3 is 2.48 bits per heavy atom. The van der Waals surface area contributed by atoms with Crippen molar-refractivity contribution < 1.29 is 14.3 Å². The molecular weight excluding hydrogens is 362 g/mol. The number of anilines is 1. The van der Waals surface area contributed by atoms with Crippen molar-refractivity contribution in [2.24, 2.45) is 0 Å². The third-order valence-corrected chi connectivity index (χ3v) is 5.87. The quantitative estimate of drug-likeness (QED) is 0.708. The minimum absolute atomic E-state index is 0.0407. The largest absolute Gasteiger partial charge is 0.494 e. The van der Waals surface area contributed by atoms with E-state index < -0.39 is 0 Å². The molecule has 1 aliphatic heterocycles. The number of amides is 1. The van der Waals surface area contributed by atoms with E-state index in [4.69, 9.17) is 4.74 Å². The second-order valence-corrected chi connectivity index (χ2v) is 7.61. The molecule has 0 saturated heterocycles. The lowest BCUT2D eigenvalue weighted by atomic mass is 9.77. The van der Waals surface area contributed by atoms with Crippen molar-refractivity contribution in [3.63, 3.8) is 0 Å². The summed E-state index contributed by atoms with van der Waals surface area (Å²) in [4.78, 5) is 28.1. The van der Waals surface area contributed by atoms with E-state index in [0.717, 1.165) is 47.5 Å². The van der Waals surface area contributed by atoms with Gasteiger partial charge in [0.1, 0.15) is 5.75 Å². The minimum Gasteiger partial charge on any atom is -0.494 e. The number of ether oxygens (including phenoxy) is 1. The summed E-state index contributed by atoms with van der Waals surface area (Å²) in [6.07, 6.45) is 3.31. The van der Waals surface area contributed by atoms with Gasteiger partial charge in [0.25, 0.3) is 0 Å². The Hall–Kier alpha value is -2.88. The number of ketones is 1. The molecule has 1 heterocycles. The van der Waals surface area contributed by atoms with Crippen LogP contribution < -0.4 is 9.64 Å². The lowest BCUT2D eigenvalue weighted by Gasteiger charge is -2.38. The Kier molecular flexibility index (Phi) is 5.52. The molecule has 2 aromatic rings. The fourth-order valence-electron chi connectivity index (χ4n) is 4.49. The number of hydrogen-bond acceptors (Lipinski definition) is 3. The molecule has 0 saturated carbocycles. The van der Waals surface area contributed by atoms with Crippen molar-refractivity contribution in [2.75, 3.05) is 11.5 Å². The number of nitrogens with zero attached hydrogens (tertiary/aromatic N) is 1. The SMILES string of the molecule is CCOc1ccccc1C1CC(=O)N(c2ccc(CC)cc2)C2=C1C(=O)CCC2. The molecule has 29 heavy (non-hydrogen) atoms. The van der Waals surface area contributed by atoms with E-state index in [9.17, 15) is 9.59 Å². The smallest absolute Gasteiger partial charge is 0.232 e. The molecule has 4 nitrogen and oxygen atoms in total. The molecule has 0 spiro atoms. The van der Waals surface area contributed by atoms with Gasteiger partial charge in [0, 0.05) is 41.3 Å². The molecule has 0 aromatic heterocycles. The van der Waals surface area contributed by atoms with Crippen molar-refractivity contribution in [2.45, 2.75) is 51.9 Å². The average molecular weight is 389 g/mol. The maximum atomic E-state index is 13.3. The van der Waals surface area contributed by atoms with Crippen LogP contribution in [0.15, 0.2) is 59.8 Å². The summed E-state index contributed by atoms with van der Waals surface area (Å²) < 4.78 is 5.82. The zero-order valence-corrected chi connectivity index (χ0v) is 17.1. The average Bonchev–Trinajstić information content (AvgIpc) is 2.74. The highest BCUT2D eigenvalue weighted by molar-refractivity contribution is 6.07. The van der Waals surface area contributed by atoms with Gasteiger partial charge in [-0.25, -0.2) is 0 Å². The maximum absolute atomic E-state index is 13.3. The van der Waals surface area contributed by atoms with Gasteiger partial charge in [0.05, 0.1) is 6.61 Å². The summed E-state index contributed by atoms with van der Waals surface area (Å²) in [5.41, 5.74) is 4.69. The number of hydrogen-bond donors (Lipinski definition) is 0. The van der Waals surface area contributed by atoms with Crippen LogP contribution in [0.3, 0.4) is 0 Å². The van der Waals surface area contributed by atoms with Gasteiger partial charge in [0.2, 0.25) is 5.91 Å². The van der Waals surface area contributed by atoms with Gasteiger partial charge in [-0.05, 0) is 49.9 Å². The van der Waals surface area contributed by atoms with Crippen molar-refractivity contribution in [3.05, 3.63) is 70.9 Å². The van der Waals surface area contributed by atoms with Crippen LogP contribution in [-0.4, -0.2) is 18.3 Å². The van der Waals surface area contributed by atoms with Crippen molar-refractivity contribution >= 4 is 17.4 Å². The third-order valence-electron chi connectivity index (χ3n) is 5.87. The number of carbonyl (C=O) groups excluding carboxylic acids is 2. The minimum atomic E-state index is -0.237. The summed E-state index contributed by atoms with van der Waals surface area (Å²) >= 11 is 0. The third kappa shape index (κ3) is 3.59. The molecule has 1 atom stereocenters. The van der Waals surface area contributed by atoms with E-state index >= 15 is 0 Å². The van der Waals surface area contributed by atoms with Gasteiger partial charge >= 0.3 is 0 Å². The first-order valence-corrected chi connectivity index (χ1v) is 10.5. The lowest BCUT2D eigenvalue weighted by Crippen LogP contribution is -2.40. The normalized spacial score (nSPS) is 19.4. The highest BCUT2D eigenvalue weighted by atomic mass is 16.5.